The standard InChI is InChI=1S/C13H19ClN2O2S2.ClH/c1-9-12(4-3-7-15-9)16-20(17,18)10-5-6-13(19-2)11(14)8-10;/h5-6,8-9,12,15-16H,3-4,7H2,1-2H3;1H. The predicted octanol–water partition coefficient (Wildman–Crippen LogP) is 2.90. The number of hydrogen-bond donors (Lipinski definition) is 2. The number of sulfonamides is 1. The topological polar surface area (TPSA) is 58.2 Å². The summed E-state index contributed by atoms with van der Waals surface area (Å²) in [5.41, 5.74) is 0. The molecule has 0 radical (unpaired) electrons. The second kappa shape index (κ2) is 8.04. The number of benzene rings is 1. The molecule has 21 heavy (non-hydrogen) atoms. The smallest absolute Gasteiger partial charge is 0.240 e. The summed E-state index contributed by atoms with van der Waals surface area (Å²) in [5.74, 6) is 0. The molecule has 1 aliphatic heterocycles. The summed E-state index contributed by atoms with van der Waals surface area (Å²) in [5, 5.41) is 3.75. The Morgan fingerprint density at radius 3 is 2.71 bits per heavy atom. The van der Waals surface area contributed by atoms with Gasteiger partial charge < -0.3 is 5.32 Å². The Balaban J connectivity index is 0.00000220. The van der Waals surface area contributed by atoms with E-state index in [1.165, 1.54) is 17.8 Å². The summed E-state index contributed by atoms with van der Waals surface area (Å²) in [7, 11) is -3.52. The van der Waals surface area contributed by atoms with Crippen LogP contribution in [0.5, 0.6) is 0 Å². The average Bonchev–Trinajstić information content (AvgIpc) is 2.41. The lowest BCUT2D eigenvalue weighted by Crippen LogP contribution is -2.51. The fraction of sp³-hybridized carbons (Fsp3) is 0.538. The van der Waals surface area contributed by atoms with E-state index >= 15 is 0 Å². The zero-order valence-electron chi connectivity index (χ0n) is 11.9. The minimum absolute atomic E-state index is 0. The molecule has 1 aromatic carbocycles. The number of rotatable bonds is 4. The third kappa shape index (κ3) is 4.74. The summed E-state index contributed by atoms with van der Waals surface area (Å²) in [4.78, 5) is 1.09. The highest BCUT2D eigenvalue weighted by Gasteiger charge is 2.26. The molecular weight excluding hydrogens is 351 g/mol. The maximum atomic E-state index is 12.4. The number of nitrogens with one attached hydrogen (secondary N) is 2. The quantitative estimate of drug-likeness (QED) is 0.799. The van der Waals surface area contributed by atoms with E-state index in [0.717, 1.165) is 24.3 Å². The Labute approximate surface area is 141 Å². The number of thioether (sulfide) groups is 1. The van der Waals surface area contributed by atoms with Gasteiger partial charge in [-0.3, -0.25) is 0 Å². The highest BCUT2D eigenvalue weighted by molar-refractivity contribution is 7.98. The molecule has 0 spiro atoms. The fourth-order valence-corrected chi connectivity index (χ4v) is 4.60. The average molecular weight is 371 g/mol. The lowest BCUT2D eigenvalue weighted by atomic mass is 10.0. The first-order valence-electron chi connectivity index (χ1n) is 6.53. The molecule has 0 saturated carbocycles. The zero-order chi connectivity index (χ0) is 14.8. The molecule has 1 saturated heterocycles. The second-order valence-corrected chi connectivity index (χ2v) is 7.88. The summed E-state index contributed by atoms with van der Waals surface area (Å²) >= 11 is 7.58. The van der Waals surface area contributed by atoms with E-state index in [1.54, 1.807) is 12.1 Å². The zero-order valence-corrected chi connectivity index (χ0v) is 15.1. The SMILES string of the molecule is CSc1ccc(S(=O)(=O)NC2CCCNC2C)cc1Cl.Cl. The van der Waals surface area contributed by atoms with Crippen molar-refractivity contribution < 1.29 is 8.42 Å². The molecule has 2 N–H and O–H groups in total. The van der Waals surface area contributed by atoms with Gasteiger partial charge in [0.25, 0.3) is 0 Å². The lowest BCUT2D eigenvalue weighted by molar-refractivity contribution is 0.349. The van der Waals surface area contributed by atoms with E-state index in [2.05, 4.69) is 10.0 Å². The van der Waals surface area contributed by atoms with Crippen molar-refractivity contribution in [2.24, 2.45) is 0 Å². The molecule has 8 heteroatoms. The van der Waals surface area contributed by atoms with Gasteiger partial charge in [-0.25, -0.2) is 13.1 Å². The maximum absolute atomic E-state index is 12.4. The van der Waals surface area contributed by atoms with Gasteiger partial charge in [0.2, 0.25) is 10.0 Å². The van der Waals surface area contributed by atoms with Crippen molar-refractivity contribution in [1.29, 1.82) is 0 Å². The van der Waals surface area contributed by atoms with Gasteiger partial charge in [-0.2, -0.15) is 0 Å². The molecule has 1 aromatic rings. The van der Waals surface area contributed by atoms with Gasteiger partial charge in [0.1, 0.15) is 0 Å². The number of piperidine rings is 1. The summed E-state index contributed by atoms with van der Waals surface area (Å²) in [6.07, 6.45) is 3.73. The van der Waals surface area contributed by atoms with Gasteiger partial charge in [0.15, 0.2) is 0 Å². The van der Waals surface area contributed by atoms with Crippen LogP contribution >= 0.6 is 35.8 Å². The highest BCUT2D eigenvalue weighted by Crippen LogP contribution is 2.28. The van der Waals surface area contributed by atoms with Crippen LogP contribution in [0, 0.1) is 0 Å². The monoisotopic (exact) mass is 370 g/mol. The van der Waals surface area contributed by atoms with Crippen LogP contribution in [0.15, 0.2) is 28.0 Å². The first kappa shape index (κ1) is 19.1. The van der Waals surface area contributed by atoms with Crippen molar-refractivity contribution in [3.05, 3.63) is 23.2 Å². The molecule has 0 bridgehead atoms. The van der Waals surface area contributed by atoms with E-state index in [9.17, 15) is 8.42 Å². The Kier molecular flexibility index (Phi) is 7.30. The Bertz CT molecular complexity index is 582. The van der Waals surface area contributed by atoms with Gasteiger partial charge in [-0.15, -0.1) is 24.2 Å². The highest BCUT2D eigenvalue weighted by atomic mass is 35.5. The van der Waals surface area contributed by atoms with Gasteiger partial charge >= 0.3 is 0 Å². The largest absolute Gasteiger partial charge is 0.313 e. The number of hydrogen-bond acceptors (Lipinski definition) is 4. The minimum Gasteiger partial charge on any atom is -0.313 e. The molecule has 2 atom stereocenters. The Morgan fingerprint density at radius 2 is 2.14 bits per heavy atom. The van der Waals surface area contributed by atoms with Crippen LogP contribution in [0.4, 0.5) is 0 Å². The molecule has 0 aliphatic carbocycles. The summed E-state index contributed by atoms with van der Waals surface area (Å²) in [6.45, 7) is 2.93. The molecule has 4 nitrogen and oxygen atoms in total. The van der Waals surface area contributed by atoms with Crippen molar-refractivity contribution >= 4 is 45.8 Å². The summed E-state index contributed by atoms with van der Waals surface area (Å²) in [6, 6.07) is 4.91. The molecule has 1 heterocycles. The van der Waals surface area contributed by atoms with Gasteiger partial charge in [-0.1, -0.05) is 11.6 Å². The molecule has 2 unspecified atom stereocenters. The predicted molar refractivity (Wildman–Crippen MR) is 91.3 cm³/mol. The van der Waals surface area contributed by atoms with Crippen molar-refractivity contribution in [2.45, 2.75) is 41.6 Å². The minimum atomic E-state index is -3.52. The Hall–Kier alpha value is 0.0200. The van der Waals surface area contributed by atoms with Crippen molar-refractivity contribution in [1.82, 2.24) is 10.0 Å². The van der Waals surface area contributed by atoms with Gasteiger partial charge in [-0.05, 0) is 50.8 Å². The molecule has 1 fully saturated rings. The van der Waals surface area contributed by atoms with E-state index in [-0.39, 0.29) is 29.4 Å². The first-order chi connectivity index (χ1) is 9.44. The number of halogens is 2. The lowest BCUT2D eigenvalue weighted by Gasteiger charge is -2.30. The van der Waals surface area contributed by atoms with Crippen LogP contribution in [0.3, 0.4) is 0 Å². The van der Waals surface area contributed by atoms with Crippen LogP contribution in [0.2, 0.25) is 5.02 Å². The van der Waals surface area contributed by atoms with E-state index < -0.39 is 10.0 Å². The van der Waals surface area contributed by atoms with E-state index in [0.29, 0.717) is 5.02 Å². The van der Waals surface area contributed by atoms with Crippen molar-refractivity contribution in [3.63, 3.8) is 0 Å². The normalized spacial score (nSPS) is 22.6. The molecule has 120 valence electrons. The third-order valence-electron chi connectivity index (χ3n) is 3.50. The van der Waals surface area contributed by atoms with Crippen LogP contribution in [0.1, 0.15) is 19.8 Å². The van der Waals surface area contributed by atoms with Gasteiger partial charge in [0.05, 0.1) is 9.92 Å². The van der Waals surface area contributed by atoms with Crippen molar-refractivity contribution in [2.75, 3.05) is 12.8 Å². The molecule has 0 amide bonds. The fourth-order valence-electron chi connectivity index (χ4n) is 2.29. The van der Waals surface area contributed by atoms with Crippen molar-refractivity contribution in [3.8, 4) is 0 Å². The Morgan fingerprint density at radius 1 is 1.43 bits per heavy atom. The molecular formula is C13H20Cl2N2O2S2. The van der Waals surface area contributed by atoms with Crippen LogP contribution in [-0.4, -0.2) is 33.3 Å². The van der Waals surface area contributed by atoms with Gasteiger partial charge in [0, 0.05) is 17.0 Å². The maximum Gasteiger partial charge on any atom is 0.240 e. The first-order valence-corrected chi connectivity index (χ1v) is 9.62. The second-order valence-electron chi connectivity index (χ2n) is 4.91. The van der Waals surface area contributed by atoms with Crippen LogP contribution in [0.25, 0.3) is 0 Å². The van der Waals surface area contributed by atoms with Crippen LogP contribution < -0.4 is 10.0 Å². The van der Waals surface area contributed by atoms with Crippen LogP contribution in [-0.2, 0) is 10.0 Å². The third-order valence-corrected chi connectivity index (χ3v) is 6.21. The summed E-state index contributed by atoms with van der Waals surface area (Å²) < 4.78 is 27.6. The van der Waals surface area contributed by atoms with E-state index in [4.69, 9.17) is 11.6 Å². The molecule has 0 aromatic heterocycles. The van der Waals surface area contributed by atoms with E-state index in [1.807, 2.05) is 13.2 Å². The molecule has 2 rings (SSSR count). The molecule has 1 aliphatic rings.